The number of aryl methyl sites for hydroxylation is 2. The number of aromatic nitrogens is 5. The molecule has 1 N–H and O–H groups in total. The van der Waals surface area contributed by atoms with Gasteiger partial charge in [-0.2, -0.15) is 0 Å². The van der Waals surface area contributed by atoms with Gasteiger partial charge in [0.05, 0.1) is 30.0 Å². The Bertz CT molecular complexity index is 1090. The van der Waals surface area contributed by atoms with Crippen molar-refractivity contribution in [3.05, 3.63) is 41.9 Å². The monoisotopic (exact) mass is 420 g/mol. The van der Waals surface area contributed by atoms with Crippen LogP contribution in [-0.2, 0) is 0 Å². The van der Waals surface area contributed by atoms with Crippen LogP contribution in [0.2, 0.25) is 0 Å². The van der Waals surface area contributed by atoms with Gasteiger partial charge in [-0.1, -0.05) is 0 Å². The number of hydrogen-bond acceptors (Lipinski definition) is 7. The fourth-order valence-electron chi connectivity index (χ4n) is 4.64. The van der Waals surface area contributed by atoms with E-state index in [-0.39, 0.29) is 11.6 Å². The maximum Gasteiger partial charge on any atom is 0.277 e. The van der Waals surface area contributed by atoms with E-state index in [1.807, 2.05) is 24.4 Å². The van der Waals surface area contributed by atoms with Crippen molar-refractivity contribution in [3.8, 4) is 0 Å². The average Bonchev–Trinajstić information content (AvgIpc) is 3.50. The maximum absolute atomic E-state index is 12.6. The quantitative estimate of drug-likeness (QED) is 0.677. The van der Waals surface area contributed by atoms with E-state index < -0.39 is 0 Å². The minimum atomic E-state index is -0.324. The summed E-state index contributed by atoms with van der Waals surface area (Å²) in [5, 5.41) is 2.82. The molecule has 162 valence electrons. The van der Waals surface area contributed by atoms with Crippen LogP contribution < -0.4 is 10.2 Å². The summed E-state index contributed by atoms with van der Waals surface area (Å²) in [5.41, 5.74) is 2.72. The van der Waals surface area contributed by atoms with Gasteiger partial charge >= 0.3 is 0 Å². The lowest BCUT2D eigenvalue weighted by atomic mass is 10.1. The van der Waals surface area contributed by atoms with Crippen LogP contribution in [0, 0.1) is 19.8 Å². The number of amides is 1. The SMILES string of the molecule is Cc1cn2cc(NC(=O)c3cnc(N4CCC(CN5CCCC5)C4)cn3)nc(C)c2n1. The minimum absolute atomic E-state index is 0.276. The first-order valence-electron chi connectivity index (χ1n) is 11.0. The Balaban J connectivity index is 1.22. The Hall–Kier alpha value is -3.07. The van der Waals surface area contributed by atoms with Gasteiger partial charge in [0.25, 0.3) is 5.91 Å². The molecule has 0 bridgehead atoms. The van der Waals surface area contributed by atoms with E-state index in [4.69, 9.17) is 0 Å². The Labute approximate surface area is 181 Å². The molecular formula is C22H28N8O. The third-order valence-corrected chi connectivity index (χ3v) is 6.16. The highest BCUT2D eigenvalue weighted by molar-refractivity contribution is 6.02. The molecule has 5 rings (SSSR count). The van der Waals surface area contributed by atoms with Gasteiger partial charge in [-0.3, -0.25) is 4.79 Å². The summed E-state index contributed by atoms with van der Waals surface area (Å²) in [6.07, 6.45) is 10.8. The lowest BCUT2D eigenvalue weighted by Gasteiger charge is -2.21. The molecule has 0 spiro atoms. The number of carbonyl (C=O) groups excluding carboxylic acids is 1. The van der Waals surface area contributed by atoms with E-state index in [0.717, 1.165) is 35.9 Å². The van der Waals surface area contributed by atoms with Gasteiger partial charge in [-0.15, -0.1) is 0 Å². The van der Waals surface area contributed by atoms with Gasteiger partial charge in [0.2, 0.25) is 0 Å². The second kappa shape index (κ2) is 8.22. The second-order valence-electron chi connectivity index (χ2n) is 8.65. The Morgan fingerprint density at radius 3 is 2.71 bits per heavy atom. The standard InChI is InChI=1S/C22H28N8O/c1-15-11-30-14-19(26-16(2)21(30)25-15)27-22(31)18-9-24-20(10-23-18)29-8-5-17(13-29)12-28-6-3-4-7-28/h9-11,14,17H,3-8,12-13H2,1-2H3,(H,27,31). The van der Waals surface area contributed by atoms with Gasteiger partial charge in [-0.05, 0) is 52.1 Å². The summed E-state index contributed by atoms with van der Waals surface area (Å²) in [6.45, 7) is 9.45. The van der Waals surface area contributed by atoms with Gasteiger partial charge in [-0.25, -0.2) is 19.9 Å². The van der Waals surface area contributed by atoms with E-state index in [1.165, 1.54) is 38.9 Å². The zero-order valence-electron chi connectivity index (χ0n) is 18.1. The van der Waals surface area contributed by atoms with Gasteiger partial charge in [0.15, 0.2) is 5.65 Å². The summed E-state index contributed by atoms with van der Waals surface area (Å²) in [4.78, 5) is 35.2. The van der Waals surface area contributed by atoms with Crippen LogP contribution in [0.25, 0.3) is 5.65 Å². The number of fused-ring (bicyclic) bond motifs is 1. The Morgan fingerprint density at radius 1 is 1.10 bits per heavy atom. The van der Waals surface area contributed by atoms with Crippen molar-refractivity contribution >= 4 is 23.2 Å². The predicted molar refractivity (Wildman–Crippen MR) is 118 cm³/mol. The number of imidazole rings is 1. The molecule has 0 aromatic carbocycles. The van der Waals surface area contributed by atoms with E-state index in [2.05, 4.69) is 35.1 Å². The Morgan fingerprint density at radius 2 is 1.94 bits per heavy atom. The molecule has 3 aromatic heterocycles. The molecule has 2 aliphatic heterocycles. The normalized spacial score (nSPS) is 19.4. The fourth-order valence-corrected chi connectivity index (χ4v) is 4.64. The van der Waals surface area contributed by atoms with E-state index in [9.17, 15) is 4.79 Å². The summed E-state index contributed by atoms with van der Waals surface area (Å²) >= 11 is 0. The first-order chi connectivity index (χ1) is 15.0. The molecule has 1 amide bonds. The molecular weight excluding hydrogens is 392 g/mol. The molecule has 9 heteroatoms. The fraction of sp³-hybridized carbons (Fsp3) is 0.500. The zero-order valence-corrected chi connectivity index (χ0v) is 18.1. The largest absolute Gasteiger partial charge is 0.355 e. The van der Waals surface area contributed by atoms with Gasteiger partial charge < -0.3 is 19.5 Å². The van der Waals surface area contributed by atoms with Crippen molar-refractivity contribution in [1.82, 2.24) is 29.2 Å². The Kier molecular flexibility index (Phi) is 5.27. The molecule has 3 aromatic rings. The number of hydrogen-bond donors (Lipinski definition) is 1. The van der Waals surface area contributed by atoms with Crippen LogP contribution in [0.3, 0.4) is 0 Å². The minimum Gasteiger partial charge on any atom is -0.355 e. The number of nitrogens with zero attached hydrogens (tertiary/aromatic N) is 7. The average molecular weight is 421 g/mol. The first kappa shape index (κ1) is 19.9. The summed E-state index contributed by atoms with van der Waals surface area (Å²) in [7, 11) is 0. The highest BCUT2D eigenvalue weighted by atomic mass is 16.2. The van der Waals surface area contributed by atoms with Crippen LogP contribution >= 0.6 is 0 Å². The first-order valence-corrected chi connectivity index (χ1v) is 11.0. The van der Waals surface area contributed by atoms with E-state index >= 15 is 0 Å². The van der Waals surface area contributed by atoms with Crippen molar-refractivity contribution in [2.24, 2.45) is 5.92 Å². The zero-order chi connectivity index (χ0) is 21.4. The molecule has 5 heterocycles. The van der Waals surface area contributed by atoms with Crippen molar-refractivity contribution in [1.29, 1.82) is 0 Å². The number of nitrogens with one attached hydrogen (secondary N) is 1. The van der Waals surface area contributed by atoms with Crippen molar-refractivity contribution in [2.75, 3.05) is 42.9 Å². The summed E-state index contributed by atoms with van der Waals surface area (Å²) in [5.74, 6) is 1.65. The van der Waals surface area contributed by atoms with Gasteiger partial charge in [0.1, 0.15) is 17.3 Å². The third-order valence-electron chi connectivity index (χ3n) is 6.16. The molecule has 31 heavy (non-hydrogen) atoms. The van der Waals surface area contributed by atoms with Crippen molar-refractivity contribution in [3.63, 3.8) is 0 Å². The highest BCUT2D eigenvalue weighted by Gasteiger charge is 2.26. The van der Waals surface area contributed by atoms with Gasteiger partial charge in [0, 0.05) is 25.8 Å². The second-order valence-corrected chi connectivity index (χ2v) is 8.65. The van der Waals surface area contributed by atoms with Crippen molar-refractivity contribution < 1.29 is 4.79 Å². The molecule has 2 aliphatic rings. The maximum atomic E-state index is 12.6. The van der Waals surface area contributed by atoms with Crippen LogP contribution in [-0.4, -0.2) is 67.9 Å². The number of anilines is 2. The van der Waals surface area contributed by atoms with E-state index in [0.29, 0.717) is 11.7 Å². The van der Waals surface area contributed by atoms with Crippen LogP contribution in [0.15, 0.2) is 24.8 Å². The molecule has 1 atom stereocenters. The van der Waals surface area contributed by atoms with Crippen LogP contribution in [0.5, 0.6) is 0 Å². The number of carbonyl (C=O) groups is 1. The van der Waals surface area contributed by atoms with Crippen molar-refractivity contribution in [2.45, 2.75) is 33.1 Å². The molecule has 0 saturated carbocycles. The number of rotatable bonds is 5. The molecule has 0 aliphatic carbocycles. The molecule has 9 nitrogen and oxygen atoms in total. The van der Waals surface area contributed by atoms with Crippen LogP contribution in [0.4, 0.5) is 11.6 Å². The highest BCUT2D eigenvalue weighted by Crippen LogP contribution is 2.23. The topological polar surface area (TPSA) is 91.6 Å². The molecule has 1 unspecified atom stereocenters. The third kappa shape index (κ3) is 4.23. The summed E-state index contributed by atoms with van der Waals surface area (Å²) in [6, 6.07) is 0. The predicted octanol–water partition coefficient (Wildman–Crippen LogP) is 2.31. The lowest BCUT2D eigenvalue weighted by molar-refractivity contribution is 0.102. The smallest absolute Gasteiger partial charge is 0.277 e. The van der Waals surface area contributed by atoms with Crippen LogP contribution in [0.1, 0.15) is 41.1 Å². The van der Waals surface area contributed by atoms with E-state index in [1.54, 1.807) is 18.6 Å². The molecule has 2 fully saturated rings. The summed E-state index contributed by atoms with van der Waals surface area (Å²) < 4.78 is 1.87. The number of likely N-dealkylation sites (tertiary alicyclic amines) is 1. The lowest BCUT2D eigenvalue weighted by Crippen LogP contribution is -2.29. The molecule has 2 saturated heterocycles. The molecule has 0 radical (unpaired) electrons.